The molecule has 132 valence electrons. The van der Waals surface area contributed by atoms with Crippen molar-refractivity contribution >= 4 is 22.5 Å². The Bertz CT molecular complexity index is 1060. The van der Waals surface area contributed by atoms with Gasteiger partial charge in [-0.2, -0.15) is 0 Å². The minimum absolute atomic E-state index is 0.125. The molecular formula is C17H13N3O6. The van der Waals surface area contributed by atoms with Gasteiger partial charge in [-0.05, 0) is 23.8 Å². The number of hydrogen-bond acceptors (Lipinski definition) is 7. The minimum Gasteiger partial charge on any atom is -0.497 e. The van der Waals surface area contributed by atoms with Gasteiger partial charge in [-0.25, -0.2) is 4.98 Å². The maximum Gasteiger partial charge on any atom is 0.278 e. The summed E-state index contributed by atoms with van der Waals surface area (Å²) in [7, 11) is 1.49. The lowest BCUT2D eigenvalue weighted by Crippen LogP contribution is -2.24. The van der Waals surface area contributed by atoms with Gasteiger partial charge in [0.25, 0.3) is 11.2 Å². The zero-order valence-corrected chi connectivity index (χ0v) is 13.5. The largest absolute Gasteiger partial charge is 0.497 e. The summed E-state index contributed by atoms with van der Waals surface area (Å²) in [6.07, 6.45) is -1.58. The highest BCUT2D eigenvalue weighted by Crippen LogP contribution is 2.21. The molecule has 0 saturated heterocycles. The van der Waals surface area contributed by atoms with Gasteiger partial charge >= 0.3 is 0 Å². The first-order valence-electron chi connectivity index (χ1n) is 7.45. The van der Waals surface area contributed by atoms with Crippen LogP contribution in [0.3, 0.4) is 0 Å². The van der Waals surface area contributed by atoms with E-state index in [1.807, 2.05) is 0 Å². The normalized spacial score (nSPS) is 11.9. The number of non-ortho nitro benzene ring substituents is 1. The Kier molecular flexibility index (Phi) is 4.46. The van der Waals surface area contributed by atoms with Crippen molar-refractivity contribution in [3.05, 3.63) is 74.2 Å². The molecule has 0 saturated carbocycles. The fourth-order valence-electron chi connectivity index (χ4n) is 2.42. The molecule has 1 heterocycles. The summed E-state index contributed by atoms with van der Waals surface area (Å²) >= 11 is 0. The first-order valence-corrected chi connectivity index (χ1v) is 7.45. The number of aliphatic hydroxyl groups is 1. The summed E-state index contributed by atoms with van der Waals surface area (Å²) in [4.78, 5) is 41.1. The average Bonchev–Trinajstić information content (AvgIpc) is 2.65. The molecule has 1 aromatic heterocycles. The number of fused-ring (bicyclic) bond motifs is 1. The predicted molar refractivity (Wildman–Crippen MR) is 91.3 cm³/mol. The van der Waals surface area contributed by atoms with Gasteiger partial charge in [-0.3, -0.25) is 19.7 Å². The number of nitro benzene ring substituents is 1. The standard InChI is InChI=1S/C17H13N3O6/c1-26-11-5-2-9(3-6-11)15(21)16(22)14-17(23)19-13-8-10(20(24)25)4-7-12(13)18-14/h2-8,15,21H,1H3,(H,19,23)/t15-/m1/s1. The predicted octanol–water partition coefficient (Wildman–Crippen LogP) is 1.76. The van der Waals surface area contributed by atoms with E-state index in [9.17, 15) is 24.8 Å². The smallest absolute Gasteiger partial charge is 0.278 e. The lowest BCUT2D eigenvalue weighted by Gasteiger charge is -2.10. The number of carbonyl (C=O) groups excluding carboxylic acids is 1. The van der Waals surface area contributed by atoms with Crippen LogP contribution in [-0.2, 0) is 0 Å². The maximum absolute atomic E-state index is 12.5. The topological polar surface area (TPSA) is 135 Å². The molecule has 2 aromatic carbocycles. The molecule has 0 amide bonds. The first kappa shape index (κ1) is 17.2. The molecule has 0 aliphatic heterocycles. The molecule has 0 aliphatic carbocycles. The van der Waals surface area contributed by atoms with Crippen LogP contribution in [0.5, 0.6) is 5.75 Å². The van der Waals surface area contributed by atoms with Crippen LogP contribution >= 0.6 is 0 Å². The number of nitrogens with one attached hydrogen (secondary N) is 1. The van der Waals surface area contributed by atoms with E-state index in [4.69, 9.17) is 4.74 Å². The number of aromatic nitrogens is 2. The zero-order valence-electron chi connectivity index (χ0n) is 13.5. The van der Waals surface area contributed by atoms with Crippen molar-refractivity contribution in [3.8, 4) is 5.75 Å². The van der Waals surface area contributed by atoms with Gasteiger partial charge in [0, 0.05) is 12.1 Å². The second kappa shape index (κ2) is 6.73. The number of aliphatic hydroxyl groups excluding tert-OH is 1. The van der Waals surface area contributed by atoms with Gasteiger partial charge in [-0.15, -0.1) is 0 Å². The van der Waals surface area contributed by atoms with E-state index in [1.165, 1.54) is 31.4 Å². The van der Waals surface area contributed by atoms with E-state index in [2.05, 4.69) is 9.97 Å². The third-order valence-electron chi connectivity index (χ3n) is 3.80. The van der Waals surface area contributed by atoms with E-state index < -0.39 is 28.1 Å². The molecule has 26 heavy (non-hydrogen) atoms. The molecule has 0 radical (unpaired) electrons. The summed E-state index contributed by atoms with van der Waals surface area (Å²) in [5, 5.41) is 21.0. The number of hydrogen-bond donors (Lipinski definition) is 2. The van der Waals surface area contributed by atoms with Crippen molar-refractivity contribution in [1.29, 1.82) is 0 Å². The number of ketones is 1. The summed E-state index contributed by atoms with van der Waals surface area (Å²) < 4.78 is 5.01. The number of methoxy groups -OCH3 is 1. The van der Waals surface area contributed by atoms with E-state index in [1.54, 1.807) is 12.1 Å². The molecule has 0 unspecified atom stereocenters. The average molecular weight is 355 g/mol. The Labute approximate surface area is 146 Å². The second-order valence-electron chi connectivity index (χ2n) is 5.41. The third kappa shape index (κ3) is 3.15. The van der Waals surface area contributed by atoms with Crippen molar-refractivity contribution in [2.24, 2.45) is 0 Å². The first-order chi connectivity index (χ1) is 12.4. The van der Waals surface area contributed by atoms with Crippen LogP contribution in [0, 0.1) is 10.1 Å². The summed E-state index contributed by atoms with van der Waals surface area (Å²) in [6, 6.07) is 9.83. The number of ether oxygens (including phenoxy) is 1. The Hall–Kier alpha value is -3.59. The van der Waals surface area contributed by atoms with Gasteiger partial charge in [0.05, 0.1) is 23.1 Å². The SMILES string of the molecule is COc1ccc([C@@H](O)C(=O)c2nc3ccc([N+](=O)[O-])cc3[nH]c2=O)cc1. The summed E-state index contributed by atoms with van der Waals surface area (Å²) in [6.45, 7) is 0. The van der Waals surface area contributed by atoms with Crippen molar-refractivity contribution in [2.75, 3.05) is 7.11 Å². The number of rotatable bonds is 5. The van der Waals surface area contributed by atoms with E-state index >= 15 is 0 Å². The van der Waals surface area contributed by atoms with Crippen LogP contribution in [0.25, 0.3) is 11.0 Å². The van der Waals surface area contributed by atoms with Gasteiger partial charge in [-0.1, -0.05) is 12.1 Å². The molecule has 0 aliphatic rings. The number of Topliss-reactive ketones (excluding diaryl/α,β-unsaturated/α-hetero) is 1. The number of nitrogens with zero attached hydrogens (tertiary/aromatic N) is 2. The van der Waals surface area contributed by atoms with Crippen molar-refractivity contribution in [2.45, 2.75) is 6.10 Å². The van der Waals surface area contributed by atoms with Crippen LogP contribution in [0.15, 0.2) is 47.3 Å². The van der Waals surface area contributed by atoms with Gasteiger partial charge in [0.15, 0.2) is 5.69 Å². The molecule has 3 rings (SSSR count). The lowest BCUT2D eigenvalue weighted by molar-refractivity contribution is -0.384. The number of nitro groups is 1. The van der Waals surface area contributed by atoms with Crippen LogP contribution in [0.1, 0.15) is 22.2 Å². The Balaban J connectivity index is 1.99. The van der Waals surface area contributed by atoms with Crippen LogP contribution in [0.2, 0.25) is 0 Å². The molecule has 0 bridgehead atoms. The molecule has 3 aromatic rings. The number of benzene rings is 2. The maximum atomic E-state index is 12.5. The monoisotopic (exact) mass is 355 g/mol. The highest BCUT2D eigenvalue weighted by atomic mass is 16.6. The third-order valence-corrected chi connectivity index (χ3v) is 3.80. The number of carbonyl (C=O) groups is 1. The molecule has 1 atom stereocenters. The summed E-state index contributed by atoms with van der Waals surface area (Å²) in [5.41, 5.74) is -0.932. The van der Waals surface area contributed by atoms with E-state index in [0.717, 1.165) is 6.07 Å². The zero-order chi connectivity index (χ0) is 18.8. The van der Waals surface area contributed by atoms with Crippen LogP contribution < -0.4 is 10.3 Å². The molecular weight excluding hydrogens is 342 g/mol. The fourth-order valence-corrected chi connectivity index (χ4v) is 2.42. The highest BCUT2D eigenvalue weighted by Gasteiger charge is 2.24. The Morgan fingerprint density at radius 2 is 1.96 bits per heavy atom. The lowest BCUT2D eigenvalue weighted by atomic mass is 10.0. The van der Waals surface area contributed by atoms with Crippen molar-refractivity contribution in [1.82, 2.24) is 9.97 Å². The molecule has 0 spiro atoms. The van der Waals surface area contributed by atoms with Gasteiger partial charge in [0.2, 0.25) is 5.78 Å². The van der Waals surface area contributed by atoms with Crippen molar-refractivity contribution in [3.63, 3.8) is 0 Å². The molecule has 9 nitrogen and oxygen atoms in total. The summed E-state index contributed by atoms with van der Waals surface area (Å²) in [5.74, 6) is -0.326. The van der Waals surface area contributed by atoms with Crippen molar-refractivity contribution < 1.29 is 19.6 Å². The minimum atomic E-state index is -1.58. The Morgan fingerprint density at radius 1 is 1.27 bits per heavy atom. The van der Waals surface area contributed by atoms with Gasteiger partial charge < -0.3 is 14.8 Å². The van der Waals surface area contributed by atoms with E-state index in [0.29, 0.717) is 5.75 Å². The highest BCUT2D eigenvalue weighted by molar-refractivity contribution is 5.99. The Morgan fingerprint density at radius 3 is 2.58 bits per heavy atom. The second-order valence-corrected chi connectivity index (χ2v) is 5.41. The van der Waals surface area contributed by atoms with Crippen LogP contribution in [0.4, 0.5) is 5.69 Å². The van der Waals surface area contributed by atoms with Crippen LogP contribution in [-0.4, -0.2) is 32.9 Å². The number of H-pyrrole nitrogens is 1. The molecule has 2 N–H and O–H groups in total. The molecule has 9 heteroatoms. The van der Waals surface area contributed by atoms with E-state index in [-0.39, 0.29) is 22.3 Å². The number of aromatic amines is 1. The fraction of sp³-hybridized carbons (Fsp3) is 0.118. The quantitative estimate of drug-likeness (QED) is 0.404. The molecule has 0 fully saturated rings. The van der Waals surface area contributed by atoms with Gasteiger partial charge in [0.1, 0.15) is 11.9 Å².